The Balaban J connectivity index is 1.49. The number of hydrogen-bond acceptors (Lipinski definition) is 7. The number of carbonyl (C=O) groups is 2. The number of ether oxygens (including phenoxy) is 1. The molecule has 0 unspecified atom stereocenters. The van der Waals surface area contributed by atoms with E-state index in [1.54, 1.807) is 18.2 Å². The lowest BCUT2D eigenvalue weighted by molar-refractivity contribution is -0.120. The van der Waals surface area contributed by atoms with Crippen LogP contribution < -0.4 is 15.4 Å². The van der Waals surface area contributed by atoms with E-state index in [1.807, 2.05) is 0 Å². The van der Waals surface area contributed by atoms with E-state index in [2.05, 4.69) is 20.8 Å². The van der Waals surface area contributed by atoms with Gasteiger partial charge in [0, 0.05) is 10.9 Å². The molecule has 7 nitrogen and oxygen atoms in total. The number of nitrogens with zero attached hydrogens (tertiary/aromatic N) is 2. The lowest BCUT2D eigenvalue weighted by Crippen LogP contribution is -2.24. The van der Waals surface area contributed by atoms with Gasteiger partial charge in [-0.15, -0.1) is 10.2 Å². The number of thioether (sulfide) groups is 1. The molecule has 2 amide bonds. The van der Waals surface area contributed by atoms with Crippen LogP contribution in [0, 0.1) is 5.92 Å². The fourth-order valence-corrected chi connectivity index (χ4v) is 4.71. The zero-order valence-electron chi connectivity index (χ0n) is 15.4. The molecule has 1 aliphatic carbocycles. The summed E-state index contributed by atoms with van der Waals surface area (Å²) in [6.07, 6.45) is 5.26. The predicted molar refractivity (Wildman–Crippen MR) is 112 cm³/mol. The van der Waals surface area contributed by atoms with E-state index >= 15 is 0 Å². The molecule has 0 saturated heterocycles. The molecule has 1 fully saturated rings. The fourth-order valence-electron chi connectivity index (χ4n) is 2.98. The molecule has 1 aromatic carbocycles. The van der Waals surface area contributed by atoms with Crippen LogP contribution >= 0.6 is 34.7 Å². The summed E-state index contributed by atoms with van der Waals surface area (Å²) in [6, 6.07) is 5.01. The number of hydrogen-bond donors (Lipinski definition) is 2. The quantitative estimate of drug-likeness (QED) is 0.488. The Bertz CT molecular complexity index is 840. The largest absolute Gasteiger partial charge is 0.495 e. The molecule has 10 heteroatoms. The molecule has 1 heterocycles. The third kappa shape index (κ3) is 5.83. The van der Waals surface area contributed by atoms with Crippen molar-refractivity contribution in [1.82, 2.24) is 10.2 Å². The van der Waals surface area contributed by atoms with Crippen molar-refractivity contribution >= 4 is 57.3 Å². The summed E-state index contributed by atoms with van der Waals surface area (Å²) in [5, 5.41) is 14.6. The van der Waals surface area contributed by atoms with Crippen LogP contribution in [0.1, 0.15) is 32.1 Å². The Morgan fingerprint density at radius 3 is 2.79 bits per heavy atom. The number of methoxy groups -OCH3 is 1. The summed E-state index contributed by atoms with van der Waals surface area (Å²) < 4.78 is 5.83. The second-order valence-corrected chi connectivity index (χ2v) is 9.02. The zero-order valence-corrected chi connectivity index (χ0v) is 17.8. The van der Waals surface area contributed by atoms with Gasteiger partial charge in [0.15, 0.2) is 4.34 Å². The molecule has 2 aromatic rings. The normalized spacial score (nSPS) is 14.5. The Hall–Kier alpha value is -1.84. The summed E-state index contributed by atoms with van der Waals surface area (Å²) in [7, 11) is 1.53. The van der Waals surface area contributed by atoms with Gasteiger partial charge in [0.2, 0.25) is 16.9 Å². The van der Waals surface area contributed by atoms with Gasteiger partial charge >= 0.3 is 0 Å². The van der Waals surface area contributed by atoms with Crippen molar-refractivity contribution < 1.29 is 14.3 Å². The number of benzene rings is 1. The first kappa shape index (κ1) is 20.9. The lowest BCUT2D eigenvalue weighted by Gasteiger charge is -2.19. The Kier molecular flexibility index (Phi) is 7.52. The molecular formula is C18H21ClN4O3S2. The van der Waals surface area contributed by atoms with Crippen molar-refractivity contribution in [1.29, 1.82) is 0 Å². The second kappa shape index (κ2) is 10.1. The van der Waals surface area contributed by atoms with E-state index in [4.69, 9.17) is 16.3 Å². The molecule has 0 atom stereocenters. The van der Waals surface area contributed by atoms with Crippen LogP contribution in [0.15, 0.2) is 22.5 Å². The molecule has 28 heavy (non-hydrogen) atoms. The van der Waals surface area contributed by atoms with Gasteiger partial charge in [-0.25, -0.2) is 0 Å². The summed E-state index contributed by atoms with van der Waals surface area (Å²) in [5.41, 5.74) is 0.512. The minimum absolute atomic E-state index is 0.0122. The number of rotatable bonds is 7. The average Bonchev–Trinajstić information content (AvgIpc) is 3.14. The maximum atomic E-state index is 12.3. The molecule has 0 aliphatic heterocycles. The molecule has 0 radical (unpaired) electrons. The molecule has 1 aliphatic rings. The minimum Gasteiger partial charge on any atom is -0.495 e. The van der Waals surface area contributed by atoms with Gasteiger partial charge in [-0.05, 0) is 31.0 Å². The minimum atomic E-state index is -0.214. The van der Waals surface area contributed by atoms with Crippen LogP contribution in [0.2, 0.25) is 5.02 Å². The summed E-state index contributed by atoms with van der Waals surface area (Å²) in [4.78, 5) is 24.5. The average molecular weight is 441 g/mol. The number of halogens is 1. The van der Waals surface area contributed by atoms with Gasteiger partial charge in [-0.2, -0.15) is 0 Å². The first-order valence-corrected chi connectivity index (χ1v) is 11.1. The van der Waals surface area contributed by atoms with Crippen LogP contribution in [0.3, 0.4) is 0 Å². The summed E-state index contributed by atoms with van der Waals surface area (Å²) >= 11 is 8.49. The number of amides is 2. The van der Waals surface area contributed by atoms with Crippen molar-refractivity contribution in [3.63, 3.8) is 0 Å². The smallest absolute Gasteiger partial charge is 0.234 e. The fraction of sp³-hybridized carbons (Fsp3) is 0.444. The highest BCUT2D eigenvalue weighted by molar-refractivity contribution is 8.01. The number of nitrogens with one attached hydrogen (secondary N) is 2. The third-order valence-corrected chi connectivity index (χ3v) is 6.58. The lowest BCUT2D eigenvalue weighted by atomic mass is 9.89. The first-order chi connectivity index (χ1) is 13.5. The Labute approximate surface area is 176 Å². The maximum Gasteiger partial charge on any atom is 0.234 e. The van der Waals surface area contributed by atoms with Gasteiger partial charge in [0.25, 0.3) is 0 Å². The number of anilines is 2. The van der Waals surface area contributed by atoms with Crippen molar-refractivity contribution in [3.8, 4) is 5.75 Å². The molecule has 1 saturated carbocycles. The van der Waals surface area contributed by atoms with E-state index in [1.165, 1.54) is 36.6 Å². The summed E-state index contributed by atoms with van der Waals surface area (Å²) in [6.45, 7) is 0. The third-order valence-electron chi connectivity index (χ3n) is 4.37. The Morgan fingerprint density at radius 1 is 1.25 bits per heavy atom. The number of aromatic nitrogens is 2. The van der Waals surface area contributed by atoms with E-state index in [9.17, 15) is 9.59 Å². The zero-order chi connectivity index (χ0) is 19.9. The topological polar surface area (TPSA) is 93.2 Å². The van der Waals surface area contributed by atoms with Crippen molar-refractivity contribution in [3.05, 3.63) is 23.2 Å². The van der Waals surface area contributed by atoms with Crippen LogP contribution in [0.5, 0.6) is 5.75 Å². The van der Waals surface area contributed by atoms with Crippen molar-refractivity contribution in [2.75, 3.05) is 23.5 Å². The monoisotopic (exact) mass is 440 g/mol. The molecule has 0 bridgehead atoms. The highest BCUT2D eigenvalue weighted by atomic mass is 35.5. The number of carbonyl (C=O) groups excluding carboxylic acids is 2. The van der Waals surface area contributed by atoms with Gasteiger partial charge < -0.3 is 15.4 Å². The van der Waals surface area contributed by atoms with Crippen molar-refractivity contribution in [2.24, 2.45) is 5.92 Å². The maximum absolute atomic E-state index is 12.3. The van der Waals surface area contributed by atoms with Crippen LogP contribution in [-0.2, 0) is 9.59 Å². The van der Waals surface area contributed by atoms with Crippen LogP contribution in [0.25, 0.3) is 0 Å². The van der Waals surface area contributed by atoms with Crippen LogP contribution in [-0.4, -0.2) is 34.9 Å². The molecule has 3 rings (SSSR count). The Morgan fingerprint density at radius 2 is 2.04 bits per heavy atom. The van der Waals surface area contributed by atoms with Gasteiger partial charge in [0.1, 0.15) is 5.75 Å². The van der Waals surface area contributed by atoms with Gasteiger partial charge in [-0.3, -0.25) is 9.59 Å². The standard InChI is InChI=1S/C18H21ClN4O3S2/c1-26-14-8-7-12(19)9-13(14)20-15(24)10-27-18-23-22-17(28-18)21-16(25)11-5-3-2-4-6-11/h7-9,11H,2-6,10H2,1H3,(H,20,24)(H,21,22,25). The SMILES string of the molecule is COc1ccc(Cl)cc1NC(=O)CSc1nnc(NC(=O)C2CCCCC2)s1. The van der Waals surface area contributed by atoms with Gasteiger partial charge in [0.05, 0.1) is 18.6 Å². The first-order valence-electron chi connectivity index (χ1n) is 8.95. The van der Waals surface area contributed by atoms with E-state index in [0.29, 0.717) is 25.9 Å². The molecule has 0 spiro atoms. The molecule has 150 valence electrons. The van der Waals surface area contributed by atoms with Crippen molar-refractivity contribution in [2.45, 2.75) is 36.4 Å². The van der Waals surface area contributed by atoms with Gasteiger partial charge in [-0.1, -0.05) is 54.0 Å². The highest BCUT2D eigenvalue weighted by Crippen LogP contribution is 2.30. The second-order valence-electron chi connectivity index (χ2n) is 6.38. The summed E-state index contributed by atoms with van der Waals surface area (Å²) in [5.74, 6) is 0.547. The van der Waals surface area contributed by atoms with E-state index in [-0.39, 0.29) is 23.5 Å². The molecule has 1 aromatic heterocycles. The predicted octanol–water partition coefficient (Wildman–Crippen LogP) is 4.45. The van der Waals surface area contributed by atoms with E-state index < -0.39 is 0 Å². The molecule has 2 N–H and O–H groups in total. The molecular weight excluding hydrogens is 420 g/mol. The highest BCUT2D eigenvalue weighted by Gasteiger charge is 2.22. The van der Waals surface area contributed by atoms with Crippen LogP contribution in [0.4, 0.5) is 10.8 Å². The van der Waals surface area contributed by atoms with E-state index in [0.717, 1.165) is 25.7 Å².